The molecule has 2 aromatic rings. The van der Waals surface area contributed by atoms with Gasteiger partial charge in [-0.15, -0.1) is 0 Å². The van der Waals surface area contributed by atoms with E-state index in [2.05, 4.69) is 130 Å². The minimum Gasteiger partial charge on any atom is -0.374 e. The summed E-state index contributed by atoms with van der Waals surface area (Å²) in [5.41, 5.74) is 9.38. The number of aryl methyl sites for hydroxylation is 2. The standard InChI is InChI=1S/C35H43N2/c1-34(2)30(36(5)28-22-20-24-14-10-12-16-26(24)32(28)34)18-8-7-9-19-31-35(3,4)33-27-17-13-11-15-25(27)21-23-29(33)37(31)6/h7-19,28-29,32-33H,20-23H2,1-6H3/q+1/t28-,29+,32-,33-/m0/s1. The number of likely N-dealkylation sites (tertiary alicyclic amines) is 1. The fraction of sp³-hybridized carbons (Fsp3) is 0.457. The Labute approximate surface area is 224 Å². The van der Waals surface area contributed by atoms with Crippen molar-refractivity contribution in [2.75, 3.05) is 14.1 Å². The first-order chi connectivity index (χ1) is 17.7. The first-order valence-electron chi connectivity index (χ1n) is 14.3. The molecule has 0 spiro atoms. The Morgan fingerprint density at radius 1 is 0.784 bits per heavy atom. The molecule has 2 aliphatic carbocycles. The molecule has 4 aliphatic rings. The highest BCUT2D eigenvalue weighted by Crippen LogP contribution is 2.56. The van der Waals surface area contributed by atoms with Crippen LogP contribution in [-0.4, -0.2) is 41.4 Å². The number of fused-ring (bicyclic) bond motifs is 6. The van der Waals surface area contributed by atoms with Gasteiger partial charge in [-0.2, -0.15) is 0 Å². The zero-order valence-corrected chi connectivity index (χ0v) is 23.5. The maximum Gasteiger partial charge on any atom is 0.182 e. The molecule has 2 nitrogen and oxygen atoms in total. The molecule has 0 saturated carbocycles. The number of hydrogen-bond donors (Lipinski definition) is 0. The summed E-state index contributed by atoms with van der Waals surface area (Å²) in [4.78, 5) is 2.57. The number of benzene rings is 2. The number of nitrogens with zero attached hydrogens (tertiary/aromatic N) is 2. The third-order valence-electron chi connectivity index (χ3n) is 10.3. The van der Waals surface area contributed by atoms with Crippen LogP contribution in [0.2, 0.25) is 0 Å². The number of allylic oxidation sites excluding steroid dienone is 6. The summed E-state index contributed by atoms with van der Waals surface area (Å²) >= 11 is 0. The van der Waals surface area contributed by atoms with E-state index in [9.17, 15) is 0 Å². The Kier molecular flexibility index (Phi) is 5.86. The average molecular weight is 492 g/mol. The van der Waals surface area contributed by atoms with E-state index in [1.54, 1.807) is 22.3 Å². The second-order valence-electron chi connectivity index (χ2n) is 12.9. The van der Waals surface area contributed by atoms with Gasteiger partial charge in [-0.3, -0.25) is 0 Å². The molecule has 0 aromatic heterocycles. The maximum atomic E-state index is 2.57. The van der Waals surface area contributed by atoms with Crippen molar-refractivity contribution in [3.63, 3.8) is 0 Å². The molecule has 2 aliphatic heterocycles. The zero-order chi connectivity index (χ0) is 25.9. The number of hydrogen-bond acceptors (Lipinski definition) is 1. The topological polar surface area (TPSA) is 6.25 Å². The van der Waals surface area contributed by atoms with E-state index >= 15 is 0 Å². The second kappa shape index (κ2) is 8.86. The zero-order valence-electron chi connectivity index (χ0n) is 23.5. The van der Waals surface area contributed by atoms with E-state index in [0.29, 0.717) is 23.9 Å². The van der Waals surface area contributed by atoms with Gasteiger partial charge in [-0.25, -0.2) is 4.58 Å². The molecule has 0 amide bonds. The van der Waals surface area contributed by atoms with E-state index in [1.807, 2.05) is 0 Å². The van der Waals surface area contributed by atoms with Crippen molar-refractivity contribution >= 4 is 5.71 Å². The SMILES string of the molecule is CN1/C(=C/C=C/C=C/C2=[N+](C)[C@@H]3CCc4ccccc4[C@@H]3C2(C)C)C(C)(C)[C@H]2c3ccccc3CC[C@@H]21. The van der Waals surface area contributed by atoms with Crippen LogP contribution in [0.15, 0.2) is 84.6 Å². The molecule has 2 heterocycles. The lowest BCUT2D eigenvalue weighted by Gasteiger charge is -2.35. The molecule has 6 rings (SSSR count). The van der Waals surface area contributed by atoms with Crippen LogP contribution in [0.3, 0.4) is 0 Å². The van der Waals surface area contributed by atoms with Crippen molar-refractivity contribution in [3.05, 3.63) is 107 Å². The van der Waals surface area contributed by atoms with Gasteiger partial charge in [-0.1, -0.05) is 80.6 Å². The summed E-state index contributed by atoms with van der Waals surface area (Å²) in [6, 6.07) is 19.4. The molecule has 0 bridgehead atoms. The largest absolute Gasteiger partial charge is 0.374 e. The minimum atomic E-state index is 0.121. The molecule has 0 unspecified atom stereocenters. The molecule has 1 saturated heterocycles. The van der Waals surface area contributed by atoms with Crippen LogP contribution in [0.25, 0.3) is 0 Å². The van der Waals surface area contributed by atoms with Gasteiger partial charge < -0.3 is 4.90 Å². The molecular formula is C35H43N2+. The van der Waals surface area contributed by atoms with Gasteiger partial charge in [0.2, 0.25) is 0 Å². The quantitative estimate of drug-likeness (QED) is 0.323. The summed E-state index contributed by atoms with van der Waals surface area (Å²) in [5, 5.41) is 0. The predicted molar refractivity (Wildman–Crippen MR) is 155 cm³/mol. The van der Waals surface area contributed by atoms with Gasteiger partial charge in [0.15, 0.2) is 11.8 Å². The third kappa shape index (κ3) is 3.70. The highest BCUT2D eigenvalue weighted by Gasteiger charge is 2.55. The lowest BCUT2D eigenvalue weighted by molar-refractivity contribution is -0.533. The number of likely N-dealkylation sites (N-methyl/N-ethyl adjacent to an activating group) is 2. The van der Waals surface area contributed by atoms with Crippen molar-refractivity contribution in [3.8, 4) is 0 Å². The van der Waals surface area contributed by atoms with Crippen LogP contribution in [-0.2, 0) is 12.8 Å². The highest BCUT2D eigenvalue weighted by atomic mass is 15.2. The van der Waals surface area contributed by atoms with Gasteiger partial charge in [-0.05, 0) is 61.4 Å². The van der Waals surface area contributed by atoms with Crippen LogP contribution in [0.1, 0.15) is 74.6 Å². The lowest BCUT2D eigenvalue weighted by Crippen LogP contribution is -2.34. The van der Waals surface area contributed by atoms with Crippen LogP contribution in [0.5, 0.6) is 0 Å². The first kappa shape index (κ1) is 24.5. The van der Waals surface area contributed by atoms with E-state index in [1.165, 1.54) is 37.1 Å². The lowest BCUT2D eigenvalue weighted by atomic mass is 9.66. The summed E-state index contributed by atoms with van der Waals surface area (Å²) < 4.78 is 2.57. The number of rotatable bonds is 3. The van der Waals surface area contributed by atoms with E-state index in [0.717, 1.165) is 0 Å². The first-order valence-corrected chi connectivity index (χ1v) is 14.3. The Bertz CT molecular complexity index is 1330. The maximum absolute atomic E-state index is 2.57. The van der Waals surface area contributed by atoms with Gasteiger partial charge in [0, 0.05) is 42.6 Å². The van der Waals surface area contributed by atoms with Crippen molar-refractivity contribution < 1.29 is 4.58 Å². The fourth-order valence-electron chi connectivity index (χ4n) is 8.67. The van der Waals surface area contributed by atoms with E-state index < -0.39 is 0 Å². The molecule has 0 N–H and O–H groups in total. The van der Waals surface area contributed by atoms with Crippen LogP contribution in [0.4, 0.5) is 0 Å². The molecule has 2 aromatic carbocycles. The third-order valence-corrected chi connectivity index (χ3v) is 10.3. The Morgan fingerprint density at radius 2 is 1.41 bits per heavy atom. The Hall–Kier alpha value is -2.87. The van der Waals surface area contributed by atoms with Crippen LogP contribution >= 0.6 is 0 Å². The van der Waals surface area contributed by atoms with Crippen molar-refractivity contribution in [1.29, 1.82) is 0 Å². The van der Waals surface area contributed by atoms with Gasteiger partial charge in [0.1, 0.15) is 7.05 Å². The second-order valence-corrected chi connectivity index (χ2v) is 12.9. The monoisotopic (exact) mass is 491 g/mol. The van der Waals surface area contributed by atoms with Crippen LogP contribution < -0.4 is 0 Å². The van der Waals surface area contributed by atoms with Crippen molar-refractivity contribution in [2.24, 2.45) is 10.8 Å². The highest BCUT2D eigenvalue weighted by molar-refractivity contribution is 5.97. The minimum absolute atomic E-state index is 0.121. The van der Waals surface area contributed by atoms with Gasteiger partial charge in [0.25, 0.3) is 0 Å². The summed E-state index contributed by atoms with van der Waals surface area (Å²) in [5.74, 6) is 1.12. The van der Waals surface area contributed by atoms with Crippen molar-refractivity contribution in [1.82, 2.24) is 4.90 Å². The van der Waals surface area contributed by atoms with Crippen molar-refractivity contribution in [2.45, 2.75) is 77.3 Å². The molecule has 0 radical (unpaired) electrons. The Morgan fingerprint density at radius 3 is 2.11 bits per heavy atom. The molecule has 192 valence electrons. The molecule has 37 heavy (non-hydrogen) atoms. The van der Waals surface area contributed by atoms with Crippen LogP contribution in [0, 0.1) is 10.8 Å². The van der Waals surface area contributed by atoms with Gasteiger partial charge >= 0.3 is 0 Å². The smallest absolute Gasteiger partial charge is 0.182 e. The molecular weight excluding hydrogens is 448 g/mol. The average Bonchev–Trinajstić information content (AvgIpc) is 3.21. The normalized spacial score (nSPS) is 30.6. The van der Waals surface area contributed by atoms with E-state index in [4.69, 9.17) is 0 Å². The fourth-order valence-corrected chi connectivity index (χ4v) is 8.67. The predicted octanol–water partition coefficient (Wildman–Crippen LogP) is 7.27. The Balaban J connectivity index is 1.24. The molecule has 1 fully saturated rings. The summed E-state index contributed by atoms with van der Waals surface area (Å²) in [6.45, 7) is 9.77. The summed E-state index contributed by atoms with van der Waals surface area (Å²) in [7, 11) is 4.61. The van der Waals surface area contributed by atoms with E-state index in [-0.39, 0.29) is 10.8 Å². The molecule has 2 heteroatoms. The molecule has 4 atom stereocenters. The van der Waals surface area contributed by atoms with Gasteiger partial charge in [0.05, 0.1) is 11.3 Å². The summed E-state index contributed by atoms with van der Waals surface area (Å²) in [6.07, 6.45) is 16.4.